The van der Waals surface area contributed by atoms with Crippen molar-refractivity contribution >= 4 is 28.7 Å². The summed E-state index contributed by atoms with van der Waals surface area (Å²) in [5.74, 6) is -0.434. The highest BCUT2D eigenvalue weighted by atomic mass is 16.2. The van der Waals surface area contributed by atoms with Gasteiger partial charge in [-0.3, -0.25) is 9.59 Å². The van der Waals surface area contributed by atoms with Gasteiger partial charge in [0.05, 0.1) is 29.4 Å². The van der Waals surface area contributed by atoms with Crippen molar-refractivity contribution in [3.63, 3.8) is 0 Å². The molecule has 2 amide bonds. The second-order valence-electron chi connectivity index (χ2n) is 7.68. The maximum Gasteiger partial charge on any atom is 0.258 e. The molecule has 2 aromatic carbocycles. The fourth-order valence-corrected chi connectivity index (χ4v) is 3.40. The fraction of sp³-hybridized carbons (Fsp3) is 0.120. The van der Waals surface area contributed by atoms with Crippen LogP contribution < -0.4 is 16.0 Å². The normalized spacial score (nSPS) is 11.6. The van der Waals surface area contributed by atoms with E-state index in [-0.39, 0.29) is 11.8 Å². The number of hydrogen-bond donors (Lipinski definition) is 2. The van der Waals surface area contributed by atoms with Crippen LogP contribution >= 0.6 is 0 Å². The number of pyridine rings is 1. The number of nitriles is 1. The number of anilines is 2. The first-order valence-electron chi connectivity index (χ1n) is 10.3. The summed E-state index contributed by atoms with van der Waals surface area (Å²) in [6.45, 7) is 1.63. The van der Waals surface area contributed by atoms with E-state index in [0.29, 0.717) is 22.5 Å². The molecule has 0 fully saturated rings. The van der Waals surface area contributed by atoms with Crippen LogP contribution in [0.5, 0.6) is 0 Å². The molecule has 1 atom stereocenters. The van der Waals surface area contributed by atoms with Gasteiger partial charge in [0.1, 0.15) is 0 Å². The third kappa shape index (κ3) is 4.44. The van der Waals surface area contributed by atoms with Crippen molar-refractivity contribution in [1.29, 1.82) is 5.26 Å². The molecule has 2 heterocycles. The van der Waals surface area contributed by atoms with Crippen molar-refractivity contribution in [3.8, 4) is 17.2 Å². The summed E-state index contributed by atoms with van der Waals surface area (Å²) >= 11 is 0. The van der Waals surface area contributed by atoms with E-state index in [9.17, 15) is 9.59 Å². The van der Waals surface area contributed by atoms with Crippen molar-refractivity contribution in [3.05, 3.63) is 84.2 Å². The standard InChI is InChI=1S/C25H22N6O2/c1-16(27)24(32)29-20-7-5-18(6-8-20)22-15-28-31-12-11-19(13-23(22)31)25(33)30(2)21-9-3-17(14-26)4-10-21/h3-13,15-16H,27H2,1-2H3,(H,29,32)/t16-/m1/s1. The third-order valence-corrected chi connectivity index (χ3v) is 5.33. The SMILES string of the molecule is C[C@@H](N)C(=O)Nc1ccc(-c2cnn3ccc(C(=O)N(C)c4ccc(C#N)cc4)cc23)cc1. The van der Waals surface area contributed by atoms with Crippen LogP contribution in [-0.2, 0) is 4.79 Å². The Balaban J connectivity index is 1.61. The number of nitrogens with zero attached hydrogens (tertiary/aromatic N) is 4. The predicted molar refractivity (Wildman–Crippen MR) is 127 cm³/mol. The van der Waals surface area contributed by atoms with Crippen LogP contribution in [0.25, 0.3) is 16.6 Å². The molecule has 4 rings (SSSR count). The lowest BCUT2D eigenvalue weighted by molar-refractivity contribution is -0.117. The quantitative estimate of drug-likeness (QED) is 0.495. The maximum atomic E-state index is 13.1. The molecule has 0 radical (unpaired) electrons. The van der Waals surface area contributed by atoms with Gasteiger partial charge in [-0.2, -0.15) is 10.4 Å². The molecule has 0 saturated heterocycles. The molecule has 2 aromatic heterocycles. The number of nitrogens with one attached hydrogen (secondary N) is 1. The lowest BCUT2D eigenvalue weighted by Crippen LogP contribution is -2.32. The molecule has 0 unspecified atom stereocenters. The number of rotatable bonds is 5. The van der Waals surface area contributed by atoms with Gasteiger partial charge in [0.25, 0.3) is 5.91 Å². The van der Waals surface area contributed by atoms with Crippen LogP contribution in [0.4, 0.5) is 11.4 Å². The van der Waals surface area contributed by atoms with Crippen molar-refractivity contribution in [1.82, 2.24) is 9.61 Å². The highest BCUT2D eigenvalue weighted by Crippen LogP contribution is 2.27. The number of nitrogens with two attached hydrogens (primary N) is 1. The molecular weight excluding hydrogens is 416 g/mol. The Kier molecular flexibility index (Phi) is 5.89. The van der Waals surface area contributed by atoms with Crippen LogP contribution in [0.15, 0.2) is 73.1 Å². The van der Waals surface area contributed by atoms with E-state index in [0.717, 1.165) is 16.6 Å². The third-order valence-electron chi connectivity index (χ3n) is 5.33. The predicted octanol–water partition coefficient (Wildman–Crippen LogP) is 3.44. The van der Waals surface area contributed by atoms with Gasteiger partial charge in [-0.25, -0.2) is 4.52 Å². The number of fused-ring (bicyclic) bond motifs is 1. The van der Waals surface area contributed by atoms with Crippen LogP contribution in [-0.4, -0.2) is 34.5 Å². The van der Waals surface area contributed by atoms with Gasteiger partial charge in [-0.15, -0.1) is 0 Å². The number of amides is 2. The summed E-state index contributed by atoms with van der Waals surface area (Å²) in [5.41, 5.74) is 10.5. The van der Waals surface area contributed by atoms with Gasteiger partial charge in [0.2, 0.25) is 5.91 Å². The van der Waals surface area contributed by atoms with E-state index in [4.69, 9.17) is 11.0 Å². The summed E-state index contributed by atoms with van der Waals surface area (Å²) in [6, 6.07) is 19.2. The van der Waals surface area contributed by atoms with Crippen molar-refractivity contribution in [2.24, 2.45) is 5.73 Å². The van der Waals surface area contributed by atoms with Crippen LogP contribution in [0.3, 0.4) is 0 Å². The molecule has 0 aliphatic heterocycles. The van der Waals surface area contributed by atoms with E-state index in [1.54, 1.807) is 84.3 Å². The maximum absolute atomic E-state index is 13.1. The molecule has 3 N–H and O–H groups in total. The summed E-state index contributed by atoms with van der Waals surface area (Å²) in [7, 11) is 1.69. The molecular formula is C25H22N6O2. The van der Waals surface area contributed by atoms with E-state index in [1.165, 1.54) is 0 Å². The molecule has 0 saturated carbocycles. The van der Waals surface area contributed by atoms with E-state index < -0.39 is 6.04 Å². The van der Waals surface area contributed by atoms with E-state index >= 15 is 0 Å². The summed E-state index contributed by atoms with van der Waals surface area (Å²) < 4.78 is 1.71. The molecule has 0 spiro atoms. The summed E-state index contributed by atoms with van der Waals surface area (Å²) in [6.07, 6.45) is 3.49. The number of hydrogen-bond acceptors (Lipinski definition) is 5. The van der Waals surface area contributed by atoms with Crippen molar-refractivity contribution in [2.75, 3.05) is 17.3 Å². The lowest BCUT2D eigenvalue weighted by Gasteiger charge is -2.17. The Labute approximate surface area is 190 Å². The fourth-order valence-electron chi connectivity index (χ4n) is 3.40. The largest absolute Gasteiger partial charge is 0.325 e. The highest BCUT2D eigenvalue weighted by molar-refractivity contribution is 6.06. The Morgan fingerprint density at radius 1 is 1.12 bits per heavy atom. The average molecular weight is 438 g/mol. The molecule has 8 nitrogen and oxygen atoms in total. The Hall–Kier alpha value is -4.48. The van der Waals surface area contributed by atoms with Crippen LogP contribution in [0.2, 0.25) is 0 Å². The topological polar surface area (TPSA) is 117 Å². The number of aromatic nitrogens is 2. The zero-order valence-electron chi connectivity index (χ0n) is 18.2. The van der Waals surface area contributed by atoms with E-state index in [1.807, 2.05) is 12.1 Å². The van der Waals surface area contributed by atoms with Gasteiger partial charge >= 0.3 is 0 Å². The van der Waals surface area contributed by atoms with Gasteiger partial charge in [0.15, 0.2) is 0 Å². The van der Waals surface area contributed by atoms with Crippen molar-refractivity contribution in [2.45, 2.75) is 13.0 Å². The Morgan fingerprint density at radius 2 is 1.82 bits per heavy atom. The molecule has 164 valence electrons. The smallest absolute Gasteiger partial charge is 0.258 e. The molecule has 4 aromatic rings. The number of carbonyl (C=O) groups excluding carboxylic acids is 2. The van der Waals surface area contributed by atoms with Crippen LogP contribution in [0.1, 0.15) is 22.8 Å². The first-order valence-corrected chi connectivity index (χ1v) is 10.3. The second kappa shape index (κ2) is 8.94. The molecule has 0 aliphatic rings. The number of benzene rings is 2. The molecule has 0 bridgehead atoms. The first-order chi connectivity index (χ1) is 15.9. The van der Waals surface area contributed by atoms with Gasteiger partial charge in [0, 0.05) is 35.7 Å². The average Bonchev–Trinajstić information content (AvgIpc) is 3.27. The molecule has 0 aliphatic carbocycles. The highest BCUT2D eigenvalue weighted by Gasteiger charge is 2.16. The minimum Gasteiger partial charge on any atom is -0.325 e. The Morgan fingerprint density at radius 3 is 2.45 bits per heavy atom. The molecule has 8 heteroatoms. The van der Waals surface area contributed by atoms with Crippen molar-refractivity contribution < 1.29 is 9.59 Å². The van der Waals surface area contributed by atoms with Gasteiger partial charge in [-0.05, 0) is 61.0 Å². The minimum absolute atomic E-state index is 0.177. The summed E-state index contributed by atoms with van der Waals surface area (Å²) in [5, 5.41) is 16.1. The zero-order chi connectivity index (χ0) is 23.5. The van der Waals surface area contributed by atoms with Gasteiger partial charge in [-0.1, -0.05) is 12.1 Å². The monoisotopic (exact) mass is 438 g/mol. The zero-order valence-corrected chi connectivity index (χ0v) is 18.2. The van der Waals surface area contributed by atoms with E-state index in [2.05, 4.69) is 16.5 Å². The Bertz CT molecular complexity index is 1370. The first kappa shape index (κ1) is 21.7. The minimum atomic E-state index is -0.595. The summed E-state index contributed by atoms with van der Waals surface area (Å²) in [4.78, 5) is 26.4. The van der Waals surface area contributed by atoms with Gasteiger partial charge < -0.3 is 16.0 Å². The van der Waals surface area contributed by atoms with Crippen LogP contribution in [0, 0.1) is 11.3 Å². The molecule has 33 heavy (non-hydrogen) atoms. The lowest BCUT2D eigenvalue weighted by atomic mass is 10.1. The second-order valence-corrected chi connectivity index (χ2v) is 7.68. The number of carbonyl (C=O) groups is 2.